The minimum Gasteiger partial charge on any atom is -0.312 e. The van der Waals surface area contributed by atoms with Gasteiger partial charge in [-0.1, -0.05) is 24.3 Å². The highest BCUT2D eigenvalue weighted by atomic mass is 15.2. The fourth-order valence-corrected chi connectivity index (χ4v) is 2.76. The van der Waals surface area contributed by atoms with Gasteiger partial charge in [0.1, 0.15) is 0 Å². The summed E-state index contributed by atoms with van der Waals surface area (Å²) >= 11 is 0. The highest BCUT2D eigenvalue weighted by Gasteiger charge is 2.16. The van der Waals surface area contributed by atoms with Crippen LogP contribution in [0.2, 0.25) is 0 Å². The van der Waals surface area contributed by atoms with Gasteiger partial charge in [-0.05, 0) is 45.5 Å². The van der Waals surface area contributed by atoms with E-state index in [4.69, 9.17) is 0 Å². The van der Waals surface area contributed by atoms with Crippen molar-refractivity contribution in [2.24, 2.45) is 7.05 Å². The first-order valence-corrected chi connectivity index (χ1v) is 7.90. The molecular formula is C18H28N4. The molecule has 0 radical (unpaired) electrons. The summed E-state index contributed by atoms with van der Waals surface area (Å²) in [5, 5.41) is 7.96. The van der Waals surface area contributed by atoms with Crippen molar-refractivity contribution in [3.8, 4) is 0 Å². The molecule has 4 nitrogen and oxygen atoms in total. The van der Waals surface area contributed by atoms with E-state index in [0.29, 0.717) is 12.1 Å². The van der Waals surface area contributed by atoms with Crippen molar-refractivity contribution in [2.45, 2.75) is 32.4 Å². The van der Waals surface area contributed by atoms with Crippen LogP contribution in [0, 0.1) is 6.92 Å². The molecule has 0 fully saturated rings. The van der Waals surface area contributed by atoms with E-state index in [1.807, 2.05) is 17.9 Å². The number of nitrogens with one attached hydrogen (secondary N) is 1. The number of hydrogen-bond acceptors (Lipinski definition) is 3. The predicted molar refractivity (Wildman–Crippen MR) is 92.0 cm³/mol. The van der Waals surface area contributed by atoms with Gasteiger partial charge in [0.15, 0.2) is 0 Å². The van der Waals surface area contributed by atoms with Gasteiger partial charge in [0.25, 0.3) is 0 Å². The van der Waals surface area contributed by atoms with E-state index in [1.54, 1.807) is 0 Å². The Balaban J connectivity index is 1.93. The second kappa shape index (κ2) is 7.56. The third-order valence-corrected chi connectivity index (χ3v) is 4.18. The Bertz CT molecular complexity index is 588. The van der Waals surface area contributed by atoms with Crippen LogP contribution in [0.3, 0.4) is 0 Å². The molecule has 0 aliphatic carbocycles. The molecule has 0 amide bonds. The van der Waals surface area contributed by atoms with Gasteiger partial charge in [0, 0.05) is 37.4 Å². The Labute approximate surface area is 134 Å². The molecule has 0 saturated carbocycles. The molecule has 0 bridgehead atoms. The Kier molecular flexibility index (Phi) is 5.75. The Hall–Kier alpha value is -1.65. The van der Waals surface area contributed by atoms with Gasteiger partial charge in [-0.2, -0.15) is 5.10 Å². The van der Waals surface area contributed by atoms with Gasteiger partial charge in [-0.15, -0.1) is 0 Å². The molecule has 1 aromatic heterocycles. The van der Waals surface area contributed by atoms with Crippen molar-refractivity contribution in [3.63, 3.8) is 0 Å². The molecule has 0 saturated heterocycles. The number of benzene rings is 1. The number of nitrogens with zero attached hydrogens (tertiary/aromatic N) is 3. The van der Waals surface area contributed by atoms with Crippen LogP contribution in [-0.4, -0.2) is 41.4 Å². The van der Waals surface area contributed by atoms with Gasteiger partial charge in [0.2, 0.25) is 0 Å². The SMILES string of the molecule is Cc1ccccc1C[C@H](C)NC[C@@H](c1cnn(C)c1)N(C)C. The zero-order chi connectivity index (χ0) is 16.1. The average Bonchev–Trinajstić information content (AvgIpc) is 2.87. The maximum absolute atomic E-state index is 4.29. The first-order valence-electron chi connectivity index (χ1n) is 7.90. The lowest BCUT2D eigenvalue weighted by Gasteiger charge is -2.26. The summed E-state index contributed by atoms with van der Waals surface area (Å²) in [6.07, 6.45) is 5.11. The van der Waals surface area contributed by atoms with Crippen LogP contribution in [-0.2, 0) is 13.5 Å². The van der Waals surface area contributed by atoms with E-state index < -0.39 is 0 Å². The third-order valence-electron chi connectivity index (χ3n) is 4.18. The summed E-state index contributed by atoms with van der Waals surface area (Å²) in [6, 6.07) is 9.40. The minimum absolute atomic E-state index is 0.341. The van der Waals surface area contributed by atoms with Crippen molar-refractivity contribution >= 4 is 0 Å². The highest BCUT2D eigenvalue weighted by molar-refractivity contribution is 5.26. The van der Waals surface area contributed by atoms with E-state index in [1.165, 1.54) is 16.7 Å². The fourth-order valence-electron chi connectivity index (χ4n) is 2.76. The van der Waals surface area contributed by atoms with Gasteiger partial charge in [0.05, 0.1) is 6.20 Å². The van der Waals surface area contributed by atoms with Crippen molar-refractivity contribution in [1.82, 2.24) is 20.0 Å². The summed E-state index contributed by atoms with van der Waals surface area (Å²) in [4.78, 5) is 2.24. The van der Waals surface area contributed by atoms with Crippen molar-refractivity contribution in [2.75, 3.05) is 20.6 Å². The van der Waals surface area contributed by atoms with Crippen LogP contribution in [0.5, 0.6) is 0 Å². The Morgan fingerprint density at radius 3 is 2.59 bits per heavy atom. The number of aromatic nitrogens is 2. The molecule has 0 aliphatic heterocycles. The van der Waals surface area contributed by atoms with Crippen LogP contribution in [0.4, 0.5) is 0 Å². The molecule has 2 atom stereocenters. The summed E-state index contributed by atoms with van der Waals surface area (Å²) < 4.78 is 1.86. The molecule has 2 aromatic rings. The highest BCUT2D eigenvalue weighted by Crippen LogP contribution is 2.17. The Morgan fingerprint density at radius 2 is 2.00 bits per heavy atom. The van der Waals surface area contributed by atoms with Gasteiger partial charge < -0.3 is 10.2 Å². The molecule has 22 heavy (non-hydrogen) atoms. The zero-order valence-electron chi connectivity index (χ0n) is 14.4. The average molecular weight is 300 g/mol. The van der Waals surface area contributed by atoms with Gasteiger partial charge in [-0.3, -0.25) is 4.68 Å². The van der Waals surface area contributed by atoms with Crippen molar-refractivity contribution < 1.29 is 0 Å². The van der Waals surface area contributed by atoms with Crippen LogP contribution in [0.1, 0.15) is 29.7 Å². The molecule has 0 unspecified atom stereocenters. The number of likely N-dealkylation sites (N-methyl/N-ethyl adjacent to an activating group) is 1. The van der Waals surface area contributed by atoms with Crippen LogP contribution in [0.25, 0.3) is 0 Å². The van der Waals surface area contributed by atoms with Crippen molar-refractivity contribution in [3.05, 3.63) is 53.3 Å². The molecule has 1 heterocycles. The lowest BCUT2D eigenvalue weighted by molar-refractivity contribution is 0.281. The molecule has 0 aliphatic rings. The van der Waals surface area contributed by atoms with E-state index in [0.717, 1.165) is 13.0 Å². The zero-order valence-corrected chi connectivity index (χ0v) is 14.4. The maximum Gasteiger partial charge on any atom is 0.0538 e. The van der Waals surface area contributed by atoms with Crippen LogP contribution < -0.4 is 5.32 Å². The normalized spacial score (nSPS) is 14.3. The first kappa shape index (κ1) is 16.7. The third kappa shape index (κ3) is 4.42. The summed E-state index contributed by atoms with van der Waals surface area (Å²) in [6.45, 7) is 5.36. The molecule has 4 heteroatoms. The first-order chi connectivity index (χ1) is 10.5. The fraction of sp³-hybridized carbons (Fsp3) is 0.500. The monoisotopic (exact) mass is 300 g/mol. The summed E-state index contributed by atoms with van der Waals surface area (Å²) in [7, 11) is 6.20. The van der Waals surface area contributed by atoms with E-state index in [-0.39, 0.29) is 0 Å². The van der Waals surface area contributed by atoms with Crippen LogP contribution in [0.15, 0.2) is 36.7 Å². The maximum atomic E-state index is 4.29. The molecular weight excluding hydrogens is 272 g/mol. The largest absolute Gasteiger partial charge is 0.312 e. The molecule has 120 valence electrons. The standard InChI is InChI=1S/C18H28N4/c1-14-8-6-7-9-16(14)10-15(2)19-12-18(21(3)4)17-11-20-22(5)13-17/h6-9,11,13,15,18-19H,10,12H2,1-5H3/t15-,18-/m0/s1. The summed E-state index contributed by atoms with van der Waals surface area (Å²) in [5.41, 5.74) is 4.04. The van der Waals surface area contributed by atoms with E-state index in [9.17, 15) is 0 Å². The predicted octanol–water partition coefficient (Wildman–Crippen LogP) is 2.55. The quantitative estimate of drug-likeness (QED) is 0.853. The number of rotatable bonds is 7. The lowest BCUT2D eigenvalue weighted by Crippen LogP contribution is -2.36. The molecule has 1 aromatic carbocycles. The second-order valence-electron chi connectivity index (χ2n) is 6.37. The van der Waals surface area contributed by atoms with Gasteiger partial charge >= 0.3 is 0 Å². The topological polar surface area (TPSA) is 33.1 Å². The minimum atomic E-state index is 0.341. The lowest BCUT2D eigenvalue weighted by atomic mass is 10.0. The number of aryl methyl sites for hydroxylation is 2. The molecule has 2 rings (SSSR count). The van der Waals surface area contributed by atoms with Gasteiger partial charge in [-0.25, -0.2) is 0 Å². The second-order valence-corrected chi connectivity index (χ2v) is 6.37. The van der Waals surface area contributed by atoms with Crippen molar-refractivity contribution in [1.29, 1.82) is 0 Å². The van der Waals surface area contributed by atoms with E-state index in [2.05, 4.69) is 73.7 Å². The number of hydrogen-bond donors (Lipinski definition) is 1. The molecule has 1 N–H and O–H groups in total. The van der Waals surface area contributed by atoms with E-state index >= 15 is 0 Å². The Morgan fingerprint density at radius 1 is 1.27 bits per heavy atom. The smallest absolute Gasteiger partial charge is 0.0538 e. The summed E-state index contributed by atoms with van der Waals surface area (Å²) in [5.74, 6) is 0. The molecule has 0 spiro atoms. The van der Waals surface area contributed by atoms with Crippen LogP contribution >= 0.6 is 0 Å².